The van der Waals surface area contributed by atoms with Crippen molar-refractivity contribution in [2.24, 2.45) is 29.2 Å². The molecule has 0 aliphatic carbocycles. The molecule has 0 fully saturated rings. The number of aryl methyl sites for hydroxylation is 1. The van der Waals surface area contributed by atoms with Crippen molar-refractivity contribution < 1.29 is 28.5 Å². The molecule has 0 bridgehead atoms. The van der Waals surface area contributed by atoms with Crippen molar-refractivity contribution in [3.05, 3.63) is 48.5 Å². The van der Waals surface area contributed by atoms with E-state index < -0.39 is 29.9 Å². The number of nitrogens with two attached hydrogens (primary N) is 3. The first-order valence-corrected chi connectivity index (χ1v) is 14.2. The van der Waals surface area contributed by atoms with Gasteiger partial charge in [-0.15, -0.1) is 0 Å². The van der Waals surface area contributed by atoms with Crippen molar-refractivity contribution in [1.82, 2.24) is 10.6 Å². The van der Waals surface area contributed by atoms with Gasteiger partial charge < -0.3 is 42.7 Å². The number of nitrogens with zero attached hydrogens (tertiary/aromatic N) is 2. The largest absolute Gasteiger partial charge is 0.480 e. The van der Waals surface area contributed by atoms with Crippen LogP contribution in [-0.2, 0) is 21.4 Å². The monoisotopic (exact) mass is 591 g/mol. The molecule has 10 N–H and O–H groups in total. The minimum absolute atomic E-state index is 0.0920. The maximum absolute atomic E-state index is 13.2. The number of hydrogen-bond acceptors (Lipinski definition) is 7. The number of aliphatic imine (C=N–C) groups is 1. The van der Waals surface area contributed by atoms with E-state index >= 15 is 0 Å². The van der Waals surface area contributed by atoms with Crippen LogP contribution in [0.1, 0.15) is 32.1 Å². The molecular formula is C30H39N8O5+. The lowest BCUT2D eigenvalue weighted by Gasteiger charge is -2.22. The summed E-state index contributed by atoms with van der Waals surface area (Å²) in [4.78, 5) is 42.0. The highest BCUT2D eigenvalue weighted by molar-refractivity contribution is 6.11. The molecule has 43 heavy (non-hydrogen) atoms. The van der Waals surface area contributed by atoms with Gasteiger partial charge in [-0.1, -0.05) is 24.3 Å². The number of carbonyl (C=O) groups excluding carboxylic acids is 2. The van der Waals surface area contributed by atoms with E-state index in [1.54, 1.807) is 0 Å². The third kappa shape index (κ3) is 7.49. The van der Waals surface area contributed by atoms with Crippen LogP contribution >= 0.6 is 0 Å². The summed E-state index contributed by atoms with van der Waals surface area (Å²) < 4.78 is 8.31. The summed E-state index contributed by atoms with van der Waals surface area (Å²) in [5.74, 6) is -2.30. The molecule has 2 aromatic carbocycles. The molecule has 0 saturated heterocycles. The molecule has 2 aromatic heterocycles. The molecule has 0 aliphatic rings. The number of para-hydroxylation sites is 2. The number of nitrogens with one attached hydrogen (secondary N) is 3. The number of carboxylic acids is 1. The average Bonchev–Trinajstić information content (AvgIpc) is 3.37. The van der Waals surface area contributed by atoms with Gasteiger partial charge in [0.25, 0.3) is 5.52 Å². The maximum atomic E-state index is 13.2. The summed E-state index contributed by atoms with van der Waals surface area (Å²) in [6, 6.07) is 13.4. The van der Waals surface area contributed by atoms with E-state index in [1.165, 1.54) is 0 Å². The van der Waals surface area contributed by atoms with Gasteiger partial charge in [0.1, 0.15) is 24.7 Å². The smallest absolute Gasteiger partial charge is 0.326 e. The number of furan rings is 1. The molecule has 2 heterocycles. The Balaban J connectivity index is 1.51. The Morgan fingerprint density at radius 3 is 2.37 bits per heavy atom. The van der Waals surface area contributed by atoms with E-state index in [9.17, 15) is 19.5 Å². The zero-order chi connectivity index (χ0) is 30.9. The Morgan fingerprint density at radius 2 is 1.65 bits per heavy atom. The summed E-state index contributed by atoms with van der Waals surface area (Å²) in [5, 5.41) is 20.0. The number of benzene rings is 2. The molecular weight excluding hydrogens is 552 g/mol. The summed E-state index contributed by atoms with van der Waals surface area (Å²) in [5.41, 5.74) is 20.1. The molecule has 2 atom stereocenters. The molecule has 228 valence electrons. The number of carbonyl (C=O) groups is 3. The summed E-state index contributed by atoms with van der Waals surface area (Å²) in [7, 11) is 1.97. The molecule has 0 spiro atoms. The number of amides is 2. The molecule has 0 saturated carbocycles. The van der Waals surface area contributed by atoms with E-state index in [-0.39, 0.29) is 25.5 Å². The number of rotatable bonds is 15. The first-order valence-electron chi connectivity index (χ1n) is 14.2. The van der Waals surface area contributed by atoms with Crippen LogP contribution in [0.4, 0.5) is 5.69 Å². The third-order valence-electron chi connectivity index (χ3n) is 7.25. The lowest BCUT2D eigenvalue weighted by Crippen LogP contribution is -2.52. The minimum Gasteiger partial charge on any atom is -0.480 e. The number of aromatic nitrogens is 1. The number of unbranched alkanes of at least 4 members (excludes halogenated alkanes) is 1. The van der Waals surface area contributed by atoms with Crippen LogP contribution in [0.15, 0.2) is 57.9 Å². The van der Waals surface area contributed by atoms with Crippen molar-refractivity contribution in [3.8, 4) is 0 Å². The number of fused-ring (bicyclic) bond motifs is 4. The van der Waals surface area contributed by atoms with E-state index in [0.717, 1.165) is 27.4 Å². The topological polar surface area (TPSA) is 215 Å². The molecule has 13 nitrogen and oxygen atoms in total. The number of anilines is 1. The van der Waals surface area contributed by atoms with E-state index in [2.05, 4.69) is 25.5 Å². The van der Waals surface area contributed by atoms with Crippen LogP contribution in [0.25, 0.3) is 33.0 Å². The van der Waals surface area contributed by atoms with E-state index in [4.69, 9.17) is 21.6 Å². The quantitative estimate of drug-likeness (QED) is 0.0457. The predicted octanol–water partition coefficient (Wildman–Crippen LogP) is 1.21. The van der Waals surface area contributed by atoms with E-state index in [0.29, 0.717) is 43.5 Å². The Kier molecular flexibility index (Phi) is 10.3. The third-order valence-corrected chi connectivity index (χ3v) is 7.25. The van der Waals surface area contributed by atoms with Gasteiger partial charge in [0.2, 0.25) is 22.9 Å². The van der Waals surface area contributed by atoms with Crippen LogP contribution in [0, 0.1) is 0 Å². The second-order valence-corrected chi connectivity index (χ2v) is 10.3. The van der Waals surface area contributed by atoms with E-state index in [1.807, 2.05) is 55.6 Å². The number of aliphatic carboxylic acids is 1. The van der Waals surface area contributed by atoms with Gasteiger partial charge in [0.05, 0.1) is 23.0 Å². The summed E-state index contributed by atoms with van der Waals surface area (Å²) >= 11 is 0. The fraction of sp³-hybridized carbons (Fsp3) is 0.367. The van der Waals surface area contributed by atoms with Crippen molar-refractivity contribution in [2.75, 3.05) is 25.0 Å². The normalized spacial score (nSPS) is 12.6. The zero-order valence-electron chi connectivity index (χ0n) is 24.1. The lowest BCUT2D eigenvalue weighted by atomic mass is 10.1. The van der Waals surface area contributed by atoms with Gasteiger partial charge >= 0.3 is 5.97 Å². The van der Waals surface area contributed by atoms with Gasteiger partial charge in [0, 0.05) is 12.6 Å². The van der Waals surface area contributed by atoms with Gasteiger partial charge in [-0.25, -0.2) is 4.79 Å². The summed E-state index contributed by atoms with van der Waals surface area (Å²) in [6.45, 7) is 0.513. The number of guanidine groups is 1. The lowest BCUT2D eigenvalue weighted by molar-refractivity contribution is -0.616. The van der Waals surface area contributed by atoms with Crippen LogP contribution in [0.3, 0.4) is 0 Å². The summed E-state index contributed by atoms with van der Waals surface area (Å²) in [6.07, 6.45) is 1.99. The number of carboxylic acid groups (broad SMARTS) is 1. The predicted molar refractivity (Wildman–Crippen MR) is 165 cm³/mol. The second-order valence-electron chi connectivity index (χ2n) is 10.3. The maximum Gasteiger partial charge on any atom is 0.326 e. The first-order chi connectivity index (χ1) is 20.7. The van der Waals surface area contributed by atoms with Gasteiger partial charge in [-0.3, -0.25) is 14.6 Å². The molecule has 2 amide bonds. The van der Waals surface area contributed by atoms with Crippen molar-refractivity contribution in [3.63, 3.8) is 0 Å². The standard InChI is InChI=1S/C30H38N8O5/c1-38-22-13-4-2-9-18(22)25(27-26(38)19-10-3-5-14-23(19)43-27)35-17-24(39)36-20(11-6-7-15-31)28(40)37-21(29(41)42)12-8-16-34-30(32)33/h2-5,9-10,13-14,20-21H,6-8,11-12,15-17,31H2,1H3,(H7,32,33,34,36,37,39,40,41,42)/p+1. The number of pyridine rings is 1. The fourth-order valence-corrected chi connectivity index (χ4v) is 5.14. The van der Waals surface area contributed by atoms with Crippen LogP contribution in [0.2, 0.25) is 0 Å². The molecule has 13 heteroatoms. The average molecular weight is 592 g/mol. The van der Waals surface area contributed by atoms with Crippen molar-refractivity contribution >= 4 is 62.4 Å². The van der Waals surface area contributed by atoms with Gasteiger partial charge in [-0.05, 0) is 56.8 Å². The molecule has 4 rings (SSSR count). The zero-order valence-corrected chi connectivity index (χ0v) is 24.1. The van der Waals surface area contributed by atoms with Crippen LogP contribution in [0.5, 0.6) is 0 Å². The molecule has 2 unspecified atom stereocenters. The second kappa shape index (κ2) is 14.3. The SMILES string of the molecule is C[n+]1c2ccccc2c(NCC(=O)NC(CCCCN)C(=O)NC(CCCN=C(N)N)C(=O)O)c2oc3ccccc3c21. The van der Waals surface area contributed by atoms with Crippen molar-refractivity contribution in [1.29, 1.82) is 0 Å². The first kappa shape index (κ1) is 31.0. The van der Waals surface area contributed by atoms with Crippen molar-refractivity contribution in [2.45, 2.75) is 44.2 Å². The Morgan fingerprint density at radius 1 is 0.953 bits per heavy atom. The molecule has 4 aromatic rings. The van der Waals surface area contributed by atoms with Crippen LogP contribution in [-0.4, -0.2) is 60.6 Å². The highest BCUT2D eigenvalue weighted by Crippen LogP contribution is 2.35. The Labute approximate surface area is 248 Å². The Bertz CT molecular complexity index is 1650. The van der Waals surface area contributed by atoms with Gasteiger partial charge in [0.15, 0.2) is 5.96 Å². The minimum atomic E-state index is -1.19. The molecule has 0 radical (unpaired) electrons. The number of hydrogen-bond donors (Lipinski definition) is 7. The molecule has 0 aliphatic heterocycles. The Hall–Kier alpha value is -4.91. The fourth-order valence-electron chi connectivity index (χ4n) is 5.14. The highest BCUT2D eigenvalue weighted by Gasteiger charge is 2.27. The van der Waals surface area contributed by atoms with Gasteiger partial charge in [-0.2, -0.15) is 4.57 Å². The highest BCUT2D eigenvalue weighted by atomic mass is 16.4. The van der Waals surface area contributed by atoms with Crippen LogP contribution < -0.4 is 37.7 Å².